The predicted molar refractivity (Wildman–Crippen MR) is 137 cm³/mol. The Morgan fingerprint density at radius 2 is 1.94 bits per heavy atom. The Balaban J connectivity index is 1.65. The lowest BCUT2D eigenvalue weighted by atomic mass is 9.88. The minimum absolute atomic E-state index is 0.0377. The van der Waals surface area contributed by atoms with E-state index < -0.39 is 16.1 Å². The van der Waals surface area contributed by atoms with Crippen LogP contribution in [0.15, 0.2) is 47.4 Å². The van der Waals surface area contributed by atoms with E-state index in [4.69, 9.17) is 11.6 Å². The summed E-state index contributed by atoms with van der Waals surface area (Å²) in [6, 6.07) is 9.78. The molecule has 2 aliphatic heterocycles. The van der Waals surface area contributed by atoms with Gasteiger partial charge in [-0.3, -0.25) is 24.6 Å². The van der Waals surface area contributed by atoms with Crippen LogP contribution in [-0.2, 0) is 11.3 Å². The molecule has 7 nitrogen and oxygen atoms in total. The van der Waals surface area contributed by atoms with Gasteiger partial charge in [0.05, 0.1) is 21.9 Å². The van der Waals surface area contributed by atoms with Crippen molar-refractivity contribution in [3.05, 3.63) is 79.2 Å². The maximum atomic E-state index is 13.0. The van der Waals surface area contributed by atoms with E-state index in [1.165, 1.54) is 18.2 Å². The van der Waals surface area contributed by atoms with Gasteiger partial charge in [0.25, 0.3) is 16.8 Å². The van der Waals surface area contributed by atoms with Crippen molar-refractivity contribution in [2.45, 2.75) is 39.8 Å². The Morgan fingerprint density at radius 1 is 1.21 bits per heavy atom. The molecule has 0 aromatic heterocycles. The number of nitro benzene ring substituents is 1. The van der Waals surface area contributed by atoms with E-state index >= 15 is 0 Å². The summed E-state index contributed by atoms with van der Waals surface area (Å²) in [7, 11) is 0. The number of fused-ring (bicyclic) bond motifs is 1. The Labute approximate surface area is 207 Å². The van der Waals surface area contributed by atoms with Crippen LogP contribution in [0.5, 0.6) is 0 Å². The summed E-state index contributed by atoms with van der Waals surface area (Å²) < 4.78 is 0. The molecule has 0 unspecified atom stereocenters. The van der Waals surface area contributed by atoms with Crippen LogP contribution < -0.4 is 4.90 Å². The number of likely N-dealkylation sites (N-methyl/N-ethyl adjacent to an activating group) is 1. The highest BCUT2D eigenvalue weighted by atomic mass is 35.5. The summed E-state index contributed by atoms with van der Waals surface area (Å²) in [5.74, 6) is -0.445. The normalized spacial score (nSPS) is 18.4. The second-order valence-corrected chi connectivity index (χ2v) is 10.2. The molecule has 4 rings (SSSR count). The number of nitro groups is 1. The van der Waals surface area contributed by atoms with Crippen molar-refractivity contribution in [3.63, 3.8) is 0 Å². The van der Waals surface area contributed by atoms with Crippen LogP contribution in [-0.4, -0.2) is 33.1 Å². The van der Waals surface area contributed by atoms with Gasteiger partial charge in [-0.15, -0.1) is 0 Å². The van der Waals surface area contributed by atoms with Gasteiger partial charge in [-0.1, -0.05) is 29.8 Å². The highest BCUT2D eigenvalue weighted by molar-refractivity contribution is 8.18. The molecule has 2 amide bonds. The van der Waals surface area contributed by atoms with E-state index in [9.17, 15) is 19.7 Å². The number of carbonyl (C=O) groups is 2. The van der Waals surface area contributed by atoms with Crippen LogP contribution in [0, 0.1) is 10.1 Å². The third-order valence-corrected chi connectivity index (χ3v) is 7.27. The molecular formula is C25H24ClN3O4S. The zero-order chi connectivity index (χ0) is 24.8. The number of hydrogen-bond donors (Lipinski definition) is 0. The van der Waals surface area contributed by atoms with Gasteiger partial charge in [0, 0.05) is 35.0 Å². The number of nitrogens with zero attached hydrogens (tertiary/aromatic N) is 3. The zero-order valence-corrected chi connectivity index (χ0v) is 20.9. The summed E-state index contributed by atoms with van der Waals surface area (Å²) in [5.41, 5.74) is 4.12. The molecule has 0 saturated carbocycles. The fraction of sp³-hybridized carbons (Fsp3) is 0.280. The van der Waals surface area contributed by atoms with Gasteiger partial charge < -0.3 is 4.90 Å². The molecule has 0 atom stereocenters. The first kappa shape index (κ1) is 24.0. The number of rotatable bonds is 5. The van der Waals surface area contributed by atoms with Crippen molar-refractivity contribution in [2.24, 2.45) is 0 Å². The molecule has 176 valence electrons. The number of carbonyl (C=O) groups excluding carboxylic acids is 2. The van der Waals surface area contributed by atoms with Gasteiger partial charge in [0.1, 0.15) is 0 Å². The number of benzene rings is 2. The second kappa shape index (κ2) is 8.92. The Bertz CT molecular complexity index is 1280. The number of amides is 2. The Morgan fingerprint density at radius 3 is 2.62 bits per heavy atom. The minimum atomic E-state index is -0.507. The van der Waals surface area contributed by atoms with Crippen molar-refractivity contribution in [2.75, 3.05) is 11.4 Å². The first-order valence-electron chi connectivity index (χ1n) is 10.8. The van der Waals surface area contributed by atoms with Crippen LogP contribution in [0.2, 0.25) is 5.02 Å². The molecule has 0 N–H and O–H groups in total. The summed E-state index contributed by atoms with van der Waals surface area (Å²) >= 11 is 7.47. The lowest BCUT2D eigenvalue weighted by Crippen LogP contribution is -2.44. The maximum Gasteiger partial charge on any atom is 0.293 e. The van der Waals surface area contributed by atoms with Crippen molar-refractivity contribution in [1.29, 1.82) is 0 Å². The predicted octanol–water partition coefficient (Wildman–Crippen LogP) is 6.51. The second-order valence-electron chi connectivity index (χ2n) is 8.81. The van der Waals surface area contributed by atoms with Crippen molar-refractivity contribution < 1.29 is 14.5 Å². The number of non-ortho nitro benzene ring substituents is 1. The van der Waals surface area contributed by atoms with E-state index in [2.05, 4.69) is 38.7 Å². The Kier molecular flexibility index (Phi) is 6.31. The summed E-state index contributed by atoms with van der Waals surface area (Å²) in [4.78, 5) is 39.7. The molecule has 2 aromatic carbocycles. The SMILES string of the molecule is CCN1c2cc(Cl)c(/C=C3/SC(=O)N(Cc4cccc([N+](=O)[O-])c4)C3=O)cc2C(C)=CC1(C)C. The van der Waals surface area contributed by atoms with Crippen LogP contribution >= 0.6 is 23.4 Å². The fourth-order valence-corrected chi connectivity index (χ4v) is 5.57. The monoisotopic (exact) mass is 497 g/mol. The van der Waals surface area contributed by atoms with Gasteiger partial charge >= 0.3 is 0 Å². The zero-order valence-electron chi connectivity index (χ0n) is 19.3. The number of allylic oxidation sites excluding steroid dienone is 1. The van der Waals surface area contributed by atoms with Gasteiger partial charge in [-0.05, 0) is 74.4 Å². The summed E-state index contributed by atoms with van der Waals surface area (Å²) in [6.45, 7) is 9.24. The molecule has 34 heavy (non-hydrogen) atoms. The van der Waals surface area contributed by atoms with E-state index in [0.29, 0.717) is 16.1 Å². The Hall–Kier alpha value is -3.10. The van der Waals surface area contributed by atoms with Crippen molar-refractivity contribution in [3.8, 4) is 0 Å². The molecule has 2 aromatic rings. The van der Waals surface area contributed by atoms with E-state index in [1.54, 1.807) is 12.1 Å². The average Bonchev–Trinajstić information content (AvgIpc) is 3.02. The lowest BCUT2D eigenvalue weighted by molar-refractivity contribution is -0.384. The number of hydrogen-bond acceptors (Lipinski definition) is 6. The van der Waals surface area contributed by atoms with Gasteiger partial charge in [0.2, 0.25) is 0 Å². The van der Waals surface area contributed by atoms with Crippen LogP contribution in [0.4, 0.5) is 16.2 Å². The molecule has 1 fully saturated rings. The third-order valence-electron chi connectivity index (χ3n) is 6.03. The van der Waals surface area contributed by atoms with E-state index in [0.717, 1.165) is 40.0 Å². The molecule has 0 bridgehead atoms. The van der Waals surface area contributed by atoms with Crippen molar-refractivity contribution >= 4 is 57.5 Å². The standard InChI is InChI=1S/C25H24ClN3O4S/c1-5-28-21-12-20(26)17(10-19(21)15(2)13-25(28,3)4)11-22-23(30)27(24(31)34-22)14-16-7-6-8-18(9-16)29(32)33/h6-13H,5,14H2,1-4H3/b22-11+. The lowest BCUT2D eigenvalue weighted by Gasteiger charge is -2.43. The number of imide groups is 1. The molecule has 9 heteroatoms. The van der Waals surface area contributed by atoms with Crippen LogP contribution in [0.3, 0.4) is 0 Å². The summed E-state index contributed by atoms with van der Waals surface area (Å²) in [5, 5.41) is 11.1. The number of anilines is 1. The van der Waals surface area contributed by atoms with Crippen molar-refractivity contribution in [1.82, 2.24) is 4.90 Å². The first-order valence-corrected chi connectivity index (χ1v) is 12.0. The number of halogens is 1. The highest BCUT2D eigenvalue weighted by Gasteiger charge is 2.36. The topological polar surface area (TPSA) is 83.8 Å². The van der Waals surface area contributed by atoms with E-state index in [-0.39, 0.29) is 22.7 Å². The quantitative estimate of drug-likeness (QED) is 0.266. The molecule has 2 heterocycles. The molecule has 1 saturated heterocycles. The largest absolute Gasteiger partial charge is 0.363 e. The van der Waals surface area contributed by atoms with Crippen LogP contribution in [0.25, 0.3) is 11.6 Å². The number of thioether (sulfide) groups is 1. The first-order chi connectivity index (χ1) is 16.0. The molecule has 0 aliphatic carbocycles. The molecular weight excluding hydrogens is 474 g/mol. The highest BCUT2D eigenvalue weighted by Crippen LogP contribution is 2.42. The summed E-state index contributed by atoms with van der Waals surface area (Å²) in [6.07, 6.45) is 3.85. The van der Waals surface area contributed by atoms with E-state index in [1.807, 2.05) is 12.1 Å². The van der Waals surface area contributed by atoms with Gasteiger partial charge in [0.15, 0.2) is 0 Å². The van der Waals surface area contributed by atoms with Crippen LogP contribution in [0.1, 0.15) is 44.4 Å². The minimum Gasteiger partial charge on any atom is -0.363 e. The van der Waals surface area contributed by atoms with Gasteiger partial charge in [-0.25, -0.2) is 0 Å². The smallest absolute Gasteiger partial charge is 0.293 e. The molecule has 2 aliphatic rings. The average molecular weight is 498 g/mol. The molecule has 0 spiro atoms. The fourth-order valence-electron chi connectivity index (χ4n) is 4.53. The molecule has 0 radical (unpaired) electrons. The maximum absolute atomic E-state index is 13.0. The van der Waals surface area contributed by atoms with Gasteiger partial charge in [-0.2, -0.15) is 0 Å². The third kappa shape index (κ3) is 4.35.